The molecule has 0 radical (unpaired) electrons. The van der Waals surface area contributed by atoms with Gasteiger partial charge >= 0.3 is 0 Å². The van der Waals surface area contributed by atoms with E-state index in [2.05, 4.69) is 54.5 Å². The maximum absolute atomic E-state index is 10.5. The van der Waals surface area contributed by atoms with E-state index in [0.29, 0.717) is 0 Å². The predicted molar refractivity (Wildman–Crippen MR) is 146 cm³/mol. The van der Waals surface area contributed by atoms with E-state index >= 15 is 0 Å². The van der Waals surface area contributed by atoms with Crippen molar-refractivity contribution in [1.29, 1.82) is 0 Å². The van der Waals surface area contributed by atoms with Crippen LogP contribution in [0.3, 0.4) is 0 Å². The van der Waals surface area contributed by atoms with Crippen LogP contribution >= 0.6 is 0 Å². The molecule has 0 aliphatic carbocycles. The molecule has 3 aromatic carbocycles. The normalized spacial score (nSPS) is 13.3. The number of nitrogens with zero attached hydrogens (tertiary/aromatic N) is 4. The summed E-state index contributed by atoms with van der Waals surface area (Å²) in [6.45, 7) is 12.3. The molecule has 2 heterocycles. The minimum absolute atomic E-state index is 0.0456. The van der Waals surface area contributed by atoms with Gasteiger partial charge in [-0.3, -0.25) is 4.55 Å². The lowest BCUT2D eigenvalue weighted by Gasteiger charge is -2.32. The van der Waals surface area contributed by atoms with Crippen molar-refractivity contribution in [2.24, 2.45) is 0 Å². The first-order valence-corrected chi connectivity index (χ1v) is 13.3. The fourth-order valence-corrected chi connectivity index (χ4v) is 4.78. The summed E-state index contributed by atoms with van der Waals surface area (Å²) >= 11 is 0. The third-order valence-corrected chi connectivity index (χ3v) is 6.99. The van der Waals surface area contributed by atoms with E-state index in [0.717, 1.165) is 52.5 Å². The minimum atomic E-state index is -4.02. The number of aryl methyl sites for hydroxylation is 1. The lowest BCUT2D eigenvalue weighted by molar-refractivity contribution is 0.483. The number of fused-ring (bicyclic) bond motifs is 2. The smallest absolute Gasteiger partial charge is 0.294 e. The van der Waals surface area contributed by atoms with E-state index in [9.17, 15) is 8.42 Å². The van der Waals surface area contributed by atoms with Gasteiger partial charge in [0.1, 0.15) is 6.17 Å². The topological polar surface area (TPSA) is 86.6 Å². The van der Waals surface area contributed by atoms with Gasteiger partial charge in [0.15, 0.2) is 11.6 Å². The first-order chi connectivity index (χ1) is 17.2. The highest BCUT2D eigenvalue weighted by molar-refractivity contribution is 7.85. The highest BCUT2D eigenvalue weighted by Gasteiger charge is 2.38. The Morgan fingerprint density at radius 2 is 1.31 bits per heavy atom. The Labute approximate surface area is 212 Å². The average molecular weight is 503 g/mol. The Morgan fingerprint density at radius 3 is 1.75 bits per heavy atom. The van der Waals surface area contributed by atoms with E-state index in [-0.39, 0.29) is 11.1 Å². The largest absolute Gasteiger partial charge is 0.329 e. The second-order valence-electron chi connectivity index (χ2n) is 8.48. The zero-order valence-corrected chi connectivity index (χ0v) is 21.5. The van der Waals surface area contributed by atoms with Gasteiger partial charge in [-0.2, -0.15) is 8.42 Å². The first-order valence-electron chi connectivity index (χ1n) is 11.8. The number of hydrogen-bond acceptors (Lipinski definition) is 6. The van der Waals surface area contributed by atoms with Crippen LogP contribution in [-0.4, -0.2) is 42.2 Å². The molecule has 0 saturated heterocycles. The summed E-state index contributed by atoms with van der Waals surface area (Å²) < 4.78 is 29.6. The lowest BCUT2D eigenvalue weighted by Crippen LogP contribution is -2.44. The van der Waals surface area contributed by atoms with E-state index in [1.165, 1.54) is 12.1 Å². The van der Waals surface area contributed by atoms with Gasteiger partial charge in [-0.05, 0) is 56.2 Å². The predicted octanol–water partition coefficient (Wildman–Crippen LogP) is 5.58. The SMILES string of the molecule is C=C(c1ccccc1)C1N(CC)c2nc3ccccc3nc2N1CC.Cc1ccc(S(=O)(=O)O)cc1. The van der Waals surface area contributed by atoms with Crippen LogP contribution in [0.4, 0.5) is 11.6 Å². The average Bonchev–Trinajstić information content (AvgIpc) is 3.19. The van der Waals surface area contributed by atoms with Crippen molar-refractivity contribution in [3.05, 3.63) is 96.6 Å². The van der Waals surface area contributed by atoms with Crippen LogP contribution in [0.5, 0.6) is 0 Å². The summed E-state index contributed by atoms with van der Waals surface area (Å²) in [5.74, 6) is 1.90. The molecule has 4 aromatic rings. The van der Waals surface area contributed by atoms with Crippen LogP contribution in [0.1, 0.15) is 25.0 Å². The molecule has 1 N–H and O–H groups in total. The van der Waals surface area contributed by atoms with Crippen molar-refractivity contribution in [1.82, 2.24) is 9.97 Å². The van der Waals surface area contributed by atoms with Crippen LogP contribution in [0.15, 0.2) is 90.3 Å². The third-order valence-electron chi connectivity index (χ3n) is 6.13. The highest BCUT2D eigenvalue weighted by Crippen LogP contribution is 2.41. The van der Waals surface area contributed by atoms with Gasteiger partial charge < -0.3 is 9.80 Å². The molecule has 1 aliphatic heterocycles. The third kappa shape index (κ3) is 5.10. The second-order valence-corrected chi connectivity index (χ2v) is 9.91. The Morgan fingerprint density at radius 1 is 0.833 bits per heavy atom. The number of para-hydroxylation sites is 2. The van der Waals surface area contributed by atoms with Gasteiger partial charge in [0.2, 0.25) is 0 Å². The monoisotopic (exact) mass is 502 g/mol. The number of aromatic nitrogens is 2. The van der Waals surface area contributed by atoms with Crippen molar-refractivity contribution in [2.45, 2.75) is 31.8 Å². The fraction of sp³-hybridized carbons (Fsp3) is 0.214. The van der Waals surface area contributed by atoms with Crippen molar-refractivity contribution in [3.8, 4) is 0 Å². The van der Waals surface area contributed by atoms with Crippen LogP contribution in [-0.2, 0) is 10.1 Å². The van der Waals surface area contributed by atoms with Gasteiger partial charge in [-0.1, -0.05) is 66.7 Å². The molecule has 1 aliphatic rings. The molecule has 0 fully saturated rings. The number of likely N-dealkylation sites (N-methyl/N-ethyl adjacent to an activating group) is 2. The van der Waals surface area contributed by atoms with Gasteiger partial charge in [0.05, 0.1) is 15.9 Å². The molecule has 0 saturated carbocycles. The Hall–Kier alpha value is -3.75. The molecule has 8 heteroatoms. The Balaban J connectivity index is 0.000000233. The molecule has 0 bridgehead atoms. The Bertz CT molecular complexity index is 1420. The number of anilines is 2. The van der Waals surface area contributed by atoms with Crippen LogP contribution in [0, 0.1) is 6.92 Å². The minimum Gasteiger partial charge on any atom is -0.329 e. The zero-order chi connectivity index (χ0) is 25.9. The van der Waals surface area contributed by atoms with Crippen LogP contribution in [0.25, 0.3) is 16.6 Å². The fourth-order valence-electron chi connectivity index (χ4n) is 4.30. The van der Waals surface area contributed by atoms with Gasteiger partial charge in [-0.15, -0.1) is 0 Å². The molecule has 186 valence electrons. The summed E-state index contributed by atoms with van der Waals surface area (Å²) in [4.78, 5) is 14.4. The Kier molecular flexibility index (Phi) is 7.37. The van der Waals surface area contributed by atoms with Gasteiger partial charge in [0.25, 0.3) is 10.1 Å². The van der Waals surface area contributed by atoms with Crippen molar-refractivity contribution in [2.75, 3.05) is 22.9 Å². The van der Waals surface area contributed by atoms with Gasteiger partial charge in [0, 0.05) is 13.1 Å². The summed E-state index contributed by atoms with van der Waals surface area (Å²) in [6, 6.07) is 24.4. The highest BCUT2D eigenvalue weighted by atomic mass is 32.2. The van der Waals surface area contributed by atoms with Crippen LogP contribution < -0.4 is 9.80 Å². The van der Waals surface area contributed by atoms with Crippen molar-refractivity contribution >= 4 is 38.4 Å². The number of hydrogen-bond donors (Lipinski definition) is 1. The molecular weight excluding hydrogens is 472 g/mol. The summed E-state index contributed by atoms with van der Waals surface area (Å²) in [5.41, 5.74) is 5.05. The lowest BCUT2D eigenvalue weighted by atomic mass is 10.0. The maximum Gasteiger partial charge on any atom is 0.294 e. The van der Waals surface area contributed by atoms with Crippen molar-refractivity contribution < 1.29 is 13.0 Å². The number of benzene rings is 3. The molecular formula is C28H30N4O3S. The molecule has 36 heavy (non-hydrogen) atoms. The molecule has 1 aromatic heterocycles. The quantitative estimate of drug-likeness (QED) is 0.357. The first kappa shape index (κ1) is 25.3. The van der Waals surface area contributed by atoms with E-state index in [4.69, 9.17) is 14.5 Å². The molecule has 0 atom stereocenters. The van der Waals surface area contributed by atoms with Crippen molar-refractivity contribution in [3.63, 3.8) is 0 Å². The standard InChI is InChI=1S/C21H22N4.C7H8O3S/c1-4-24-19-20(23-18-14-10-9-13-17(18)22-19)25(5-2)21(24)15(3)16-11-7-6-8-12-16;1-6-2-4-7(5-3-6)11(8,9)10/h6-14,21H,3-5H2,1-2H3;2-5H,1H3,(H,8,9,10). The zero-order valence-electron chi connectivity index (χ0n) is 20.7. The van der Waals surface area contributed by atoms with Crippen LogP contribution in [0.2, 0.25) is 0 Å². The summed E-state index contributed by atoms with van der Waals surface area (Å²) in [7, 11) is -4.02. The van der Waals surface area contributed by atoms with E-state index < -0.39 is 10.1 Å². The maximum atomic E-state index is 10.5. The molecule has 7 nitrogen and oxygen atoms in total. The number of rotatable bonds is 5. The molecule has 0 spiro atoms. The molecule has 0 unspecified atom stereocenters. The second kappa shape index (κ2) is 10.5. The summed E-state index contributed by atoms with van der Waals surface area (Å²) in [5, 5.41) is 0. The summed E-state index contributed by atoms with van der Waals surface area (Å²) in [6.07, 6.45) is 0.0456. The molecule has 0 amide bonds. The molecule has 5 rings (SSSR count). The van der Waals surface area contributed by atoms with E-state index in [1.54, 1.807) is 12.1 Å². The van der Waals surface area contributed by atoms with Gasteiger partial charge in [-0.25, -0.2) is 9.97 Å². The van der Waals surface area contributed by atoms with E-state index in [1.807, 2.05) is 37.3 Å².